The van der Waals surface area contributed by atoms with Crippen molar-refractivity contribution in [3.63, 3.8) is 0 Å². The summed E-state index contributed by atoms with van der Waals surface area (Å²) in [7, 11) is -17.9. The Balaban J connectivity index is 2.06. The van der Waals surface area contributed by atoms with Crippen LogP contribution in [0.4, 0.5) is 0 Å². The summed E-state index contributed by atoms with van der Waals surface area (Å²) in [6, 6.07) is -0.710. The van der Waals surface area contributed by atoms with Gasteiger partial charge in [-0.3, -0.25) is 27.8 Å². The van der Waals surface area contributed by atoms with Crippen LogP contribution in [-0.2, 0) is 26.8 Å². The number of rotatable bonds is 8. The highest BCUT2D eigenvalue weighted by atomic mass is 31.3. The molecule has 0 aliphatic heterocycles. The Morgan fingerprint density at radius 1 is 1.17 bits per heavy atom. The normalized spacial score (nSPS) is 25.9. The number of terminal acetylenes is 1. The molecule has 1 saturated carbocycles. The van der Waals surface area contributed by atoms with Gasteiger partial charge in [-0.05, 0) is 12.8 Å². The molecule has 0 radical (unpaired) electrons. The lowest BCUT2D eigenvalue weighted by Gasteiger charge is -2.37. The number of aromatic nitrogens is 2. The highest BCUT2D eigenvalue weighted by molar-refractivity contribution is 7.64. The zero-order valence-electron chi connectivity index (χ0n) is 14.6. The minimum absolute atomic E-state index is 0.0427. The van der Waals surface area contributed by atoms with E-state index in [-0.39, 0.29) is 18.4 Å². The van der Waals surface area contributed by atoms with Gasteiger partial charge in [0.2, 0.25) is 0 Å². The molecule has 1 aliphatic rings. The summed E-state index contributed by atoms with van der Waals surface area (Å²) in [6.45, 7) is -0.815. The van der Waals surface area contributed by atoms with Gasteiger partial charge in [0.15, 0.2) is 0 Å². The van der Waals surface area contributed by atoms with E-state index in [4.69, 9.17) is 6.42 Å². The number of nitrogens with one attached hydrogen (secondary N) is 1. The van der Waals surface area contributed by atoms with Crippen molar-refractivity contribution in [2.24, 2.45) is 5.92 Å². The first-order valence-corrected chi connectivity index (χ1v) is 12.2. The molecule has 30 heavy (non-hydrogen) atoms. The first-order chi connectivity index (χ1) is 13.6. The van der Waals surface area contributed by atoms with Crippen molar-refractivity contribution in [1.82, 2.24) is 9.55 Å². The van der Waals surface area contributed by atoms with Crippen LogP contribution in [0.1, 0.15) is 24.4 Å². The molecule has 0 aromatic carbocycles. The molecular weight excluding hydrogens is 473 g/mol. The zero-order valence-corrected chi connectivity index (χ0v) is 17.3. The van der Waals surface area contributed by atoms with Crippen LogP contribution in [0, 0.1) is 18.3 Å². The fourth-order valence-corrected chi connectivity index (χ4v) is 5.72. The lowest BCUT2D eigenvalue weighted by molar-refractivity contribution is -0.339. The molecule has 2 rings (SSSR count). The second-order valence-electron chi connectivity index (χ2n) is 6.11. The number of aliphatic hydroxyl groups excluding tert-OH is 1. The van der Waals surface area contributed by atoms with E-state index in [1.807, 2.05) is 4.98 Å². The predicted molar refractivity (Wildman–Crippen MR) is 88.0 cm³/mol. The molecular formula is C12H13N2O13P3-4. The number of hydrogen-bond acceptors (Lipinski definition) is 13. The van der Waals surface area contributed by atoms with Crippen LogP contribution in [-0.4, -0.2) is 27.4 Å². The summed E-state index contributed by atoms with van der Waals surface area (Å²) in [5, 5.41) is 10.1. The van der Waals surface area contributed by atoms with E-state index in [1.54, 1.807) is 0 Å². The highest BCUT2D eigenvalue weighted by Crippen LogP contribution is 2.60. The molecule has 1 fully saturated rings. The van der Waals surface area contributed by atoms with Gasteiger partial charge in [-0.2, -0.15) is 0 Å². The molecule has 0 spiro atoms. The summed E-state index contributed by atoms with van der Waals surface area (Å²) >= 11 is 0. The van der Waals surface area contributed by atoms with Crippen molar-refractivity contribution in [2.75, 3.05) is 6.61 Å². The Kier molecular flexibility index (Phi) is 7.46. The van der Waals surface area contributed by atoms with Crippen LogP contribution < -0.4 is 30.8 Å². The summed E-state index contributed by atoms with van der Waals surface area (Å²) in [5.74, 6) is 1.13. The lowest BCUT2D eigenvalue weighted by Crippen LogP contribution is -2.33. The quantitative estimate of drug-likeness (QED) is 0.270. The molecule has 1 aromatic rings. The monoisotopic (exact) mass is 486 g/mol. The van der Waals surface area contributed by atoms with Gasteiger partial charge in [-0.1, -0.05) is 5.92 Å². The molecule has 3 unspecified atom stereocenters. The van der Waals surface area contributed by atoms with E-state index in [2.05, 4.69) is 19.1 Å². The molecule has 2 N–H and O–H groups in total. The van der Waals surface area contributed by atoms with Gasteiger partial charge in [0.25, 0.3) is 21.2 Å². The number of phosphoric acid groups is 3. The molecule has 168 valence electrons. The van der Waals surface area contributed by atoms with Crippen molar-refractivity contribution >= 4 is 23.5 Å². The van der Waals surface area contributed by atoms with Crippen LogP contribution in [0.5, 0.6) is 0 Å². The zero-order chi connectivity index (χ0) is 22.9. The topological polar surface area (TPSA) is 246 Å². The highest BCUT2D eigenvalue weighted by Gasteiger charge is 2.36. The van der Waals surface area contributed by atoms with Gasteiger partial charge >= 0.3 is 5.69 Å². The van der Waals surface area contributed by atoms with Crippen molar-refractivity contribution in [3.05, 3.63) is 32.6 Å². The molecule has 15 nitrogen and oxygen atoms in total. The summed E-state index contributed by atoms with van der Waals surface area (Å²) < 4.78 is 44.8. The summed E-state index contributed by atoms with van der Waals surface area (Å²) in [4.78, 5) is 68.7. The molecule has 0 saturated heterocycles. The van der Waals surface area contributed by atoms with Crippen LogP contribution >= 0.6 is 23.5 Å². The summed E-state index contributed by atoms with van der Waals surface area (Å²) in [6.07, 6.45) is 4.94. The van der Waals surface area contributed by atoms with E-state index < -0.39 is 59.4 Å². The van der Waals surface area contributed by atoms with E-state index >= 15 is 0 Å². The summed E-state index contributed by atoms with van der Waals surface area (Å²) in [5.41, 5.74) is -1.76. The fourth-order valence-electron chi connectivity index (χ4n) is 2.81. The van der Waals surface area contributed by atoms with Crippen molar-refractivity contribution in [3.8, 4) is 12.3 Å². The molecule has 0 amide bonds. The van der Waals surface area contributed by atoms with Crippen LogP contribution in [0.2, 0.25) is 0 Å². The first kappa shape index (κ1) is 24.9. The lowest BCUT2D eigenvalue weighted by atomic mass is 10.1. The third-order valence-corrected chi connectivity index (χ3v) is 7.66. The third kappa shape index (κ3) is 6.81. The number of aromatic amines is 1. The molecule has 5 atom stereocenters. The van der Waals surface area contributed by atoms with E-state index in [9.17, 15) is 48.0 Å². The van der Waals surface area contributed by atoms with Crippen LogP contribution in [0.25, 0.3) is 0 Å². The Hall–Kier alpha value is -1.39. The first-order valence-electron chi connectivity index (χ1n) is 7.84. The molecule has 0 bridgehead atoms. The molecule has 1 heterocycles. The SMILES string of the molecule is C#Cc1cn([C@H]2CC(O)[C@@H](COP(=O)([O-])OP(=O)([O-])OP(=O)([O-])[O-])C2)c(=O)[nH]c1=O. The van der Waals surface area contributed by atoms with Gasteiger partial charge in [0.05, 0.1) is 20.5 Å². The second-order valence-corrected chi connectivity index (χ2v) is 10.4. The standard InChI is InChI=1S/C12H17N2O13P3/c1-2-7-5-14(12(17)13-11(7)16)9-3-8(10(15)4-9)6-25-29(21,22)27-30(23,24)26-28(18,19)20/h1,5,8-10,15H,3-4,6H2,(H,21,22)(H,23,24)(H,13,16,17)(H2,18,19,20)/p-4/t8-,9-,10?/m1/s1. The molecule has 18 heteroatoms. The minimum atomic E-state index is -6.11. The molecule has 1 aromatic heterocycles. The van der Waals surface area contributed by atoms with Gasteiger partial charge in [0, 0.05) is 18.2 Å². The Bertz CT molecular complexity index is 1100. The van der Waals surface area contributed by atoms with Crippen molar-refractivity contribution < 1.29 is 51.5 Å². The minimum Gasteiger partial charge on any atom is -0.790 e. The van der Waals surface area contributed by atoms with Gasteiger partial charge in [-0.15, -0.1) is 6.42 Å². The number of hydrogen-bond donors (Lipinski definition) is 2. The number of nitrogens with zero attached hydrogens (tertiary/aromatic N) is 1. The smallest absolute Gasteiger partial charge is 0.328 e. The fraction of sp³-hybridized carbons (Fsp3) is 0.500. The second kappa shape index (κ2) is 9.00. The maximum Gasteiger partial charge on any atom is 0.328 e. The number of aliphatic hydroxyl groups is 1. The molecule has 1 aliphatic carbocycles. The maximum atomic E-state index is 12.0. The number of phosphoric ester groups is 1. The third-order valence-electron chi connectivity index (χ3n) is 4.00. The van der Waals surface area contributed by atoms with Crippen LogP contribution in [0.3, 0.4) is 0 Å². The predicted octanol–water partition coefficient (Wildman–Crippen LogP) is -3.35. The van der Waals surface area contributed by atoms with Gasteiger partial charge < -0.3 is 33.8 Å². The average molecular weight is 486 g/mol. The van der Waals surface area contributed by atoms with Crippen molar-refractivity contribution in [2.45, 2.75) is 25.0 Å². The van der Waals surface area contributed by atoms with E-state index in [0.717, 1.165) is 10.8 Å². The van der Waals surface area contributed by atoms with E-state index in [1.165, 1.54) is 0 Å². The number of H-pyrrole nitrogens is 1. The van der Waals surface area contributed by atoms with Gasteiger partial charge in [-0.25, -0.2) is 9.11 Å². The van der Waals surface area contributed by atoms with Crippen molar-refractivity contribution in [1.29, 1.82) is 0 Å². The maximum absolute atomic E-state index is 12.0. The Morgan fingerprint density at radius 3 is 2.37 bits per heavy atom. The van der Waals surface area contributed by atoms with E-state index in [0.29, 0.717) is 0 Å². The largest absolute Gasteiger partial charge is 0.790 e. The van der Waals surface area contributed by atoms with Gasteiger partial charge in [0.1, 0.15) is 5.56 Å². The average Bonchev–Trinajstić information content (AvgIpc) is 2.90. The van der Waals surface area contributed by atoms with Crippen LogP contribution in [0.15, 0.2) is 15.8 Å². The Morgan fingerprint density at radius 2 is 1.80 bits per heavy atom. The Labute approximate surface area is 167 Å².